The lowest BCUT2D eigenvalue weighted by atomic mass is 10.1. The van der Waals surface area contributed by atoms with Gasteiger partial charge >= 0.3 is 0 Å². The SMILES string of the molecule is CN=C(NCCc1ccc(OCC(=O)NC2CC2)cc1)NC(C)CCc1ccccc1.I. The van der Waals surface area contributed by atoms with Gasteiger partial charge in [-0.25, -0.2) is 0 Å². The van der Waals surface area contributed by atoms with Crippen molar-refractivity contribution in [1.29, 1.82) is 0 Å². The number of nitrogens with zero attached hydrogens (tertiary/aromatic N) is 1. The third kappa shape index (κ3) is 9.89. The molecule has 174 valence electrons. The molecule has 0 spiro atoms. The molecular formula is C25H35IN4O2. The van der Waals surface area contributed by atoms with Gasteiger partial charge in [0.1, 0.15) is 5.75 Å². The van der Waals surface area contributed by atoms with Crippen molar-refractivity contribution in [3.05, 3.63) is 65.7 Å². The van der Waals surface area contributed by atoms with Crippen LogP contribution in [0, 0.1) is 0 Å². The molecule has 1 amide bonds. The van der Waals surface area contributed by atoms with Crippen LogP contribution >= 0.6 is 24.0 Å². The van der Waals surface area contributed by atoms with Gasteiger partial charge in [-0.3, -0.25) is 9.79 Å². The molecule has 0 heterocycles. The minimum atomic E-state index is -0.0485. The van der Waals surface area contributed by atoms with Crippen LogP contribution in [0.5, 0.6) is 5.75 Å². The first kappa shape index (κ1) is 26.0. The van der Waals surface area contributed by atoms with Crippen LogP contribution in [0.2, 0.25) is 0 Å². The smallest absolute Gasteiger partial charge is 0.258 e. The van der Waals surface area contributed by atoms with Crippen LogP contribution in [-0.2, 0) is 17.6 Å². The van der Waals surface area contributed by atoms with Gasteiger partial charge in [-0.2, -0.15) is 0 Å². The Bertz CT molecular complexity index is 839. The highest BCUT2D eigenvalue weighted by atomic mass is 127. The number of guanidine groups is 1. The number of aryl methyl sites for hydroxylation is 1. The molecule has 0 aromatic heterocycles. The lowest BCUT2D eigenvalue weighted by Gasteiger charge is -2.18. The van der Waals surface area contributed by atoms with Crippen molar-refractivity contribution in [3.8, 4) is 5.75 Å². The van der Waals surface area contributed by atoms with Crippen molar-refractivity contribution in [2.75, 3.05) is 20.2 Å². The van der Waals surface area contributed by atoms with Crippen LogP contribution in [0.25, 0.3) is 0 Å². The number of nitrogens with one attached hydrogen (secondary N) is 3. The van der Waals surface area contributed by atoms with E-state index in [2.05, 4.69) is 52.1 Å². The molecule has 0 radical (unpaired) electrons. The summed E-state index contributed by atoms with van der Waals surface area (Å²) in [6.07, 6.45) is 5.14. The number of ether oxygens (including phenoxy) is 1. The summed E-state index contributed by atoms with van der Waals surface area (Å²) < 4.78 is 5.55. The molecule has 2 aromatic rings. The molecule has 7 heteroatoms. The summed E-state index contributed by atoms with van der Waals surface area (Å²) >= 11 is 0. The third-order valence-corrected chi connectivity index (χ3v) is 5.26. The molecule has 3 N–H and O–H groups in total. The molecular weight excluding hydrogens is 515 g/mol. The van der Waals surface area contributed by atoms with Crippen LogP contribution in [0.3, 0.4) is 0 Å². The molecule has 0 bridgehead atoms. The van der Waals surface area contributed by atoms with Gasteiger partial charge in [0.15, 0.2) is 12.6 Å². The summed E-state index contributed by atoms with van der Waals surface area (Å²) in [7, 11) is 1.80. The van der Waals surface area contributed by atoms with Gasteiger partial charge in [0.2, 0.25) is 0 Å². The largest absolute Gasteiger partial charge is 0.484 e. The number of hydrogen-bond donors (Lipinski definition) is 3. The van der Waals surface area contributed by atoms with E-state index in [-0.39, 0.29) is 36.5 Å². The van der Waals surface area contributed by atoms with Crippen molar-refractivity contribution >= 4 is 35.8 Å². The summed E-state index contributed by atoms with van der Waals surface area (Å²) in [5.41, 5.74) is 2.56. The monoisotopic (exact) mass is 550 g/mol. The van der Waals surface area contributed by atoms with E-state index < -0.39 is 0 Å². The van der Waals surface area contributed by atoms with Crippen LogP contribution in [0.4, 0.5) is 0 Å². The van der Waals surface area contributed by atoms with E-state index in [4.69, 9.17) is 4.74 Å². The van der Waals surface area contributed by atoms with E-state index in [9.17, 15) is 4.79 Å². The van der Waals surface area contributed by atoms with Gasteiger partial charge in [0, 0.05) is 25.7 Å². The molecule has 32 heavy (non-hydrogen) atoms. The highest BCUT2D eigenvalue weighted by Crippen LogP contribution is 2.18. The summed E-state index contributed by atoms with van der Waals surface area (Å²) in [6.45, 7) is 3.04. The van der Waals surface area contributed by atoms with Crippen molar-refractivity contribution < 1.29 is 9.53 Å². The molecule has 1 unspecified atom stereocenters. The highest BCUT2D eigenvalue weighted by Gasteiger charge is 2.23. The molecule has 6 nitrogen and oxygen atoms in total. The Morgan fingerprint density at radius 2 is 1.75 bits per heavy atom. The molecule has 3 rings (SSSR count). The van der Waals surface area contributed by atoms with Crippen molar-refractivity contribution in [1.82, 2.24) is 16.0 Å². The van der Waals surface area contributed by atoms with E-state index in [0.717, 1.165) is 44.6 Å². The van der Waals surface area contributed by atoms with E-state index in [1.165, 1.54) is 11.1 Å². The van der Waals surface area contributed by atoms with Crippen molar-refractivity contribution in [2.45, 2.75) is 51.1 Å². The Morgan fingerprint density at radius 3 is 2.41 bits per heavy atom. The van der Waals surface area contributed by atoms with E-state index in [1.807, 2.05) is 30.3 Å². The zero-order valence-corrected chi connectivity index (χ0v) is 21.3. The number of amides is 1. The number of carbonyl (C=O) groups is 1. The van der Waals surface area contributed by atoms with Crippen LogP contribution < -0.4 is 20.7 Å². The average Bonchev–Trinajstić information content (AvgIpc) is 3.61. The second-order valence-corrected chi connectivity index (χ2v) is 8.09. The van der Waals surface area contributed by atoms with Gasteiger partial charge in [-0.15, -0.1) is 24.0 Å². The first-order valence-corrected chi connectivity index (χ1v) is 11.1. The minimum Gasteiger partial charge on any atom is -0.484 e. The minimum absolute atomic E-state index is 0. The fourth-order valence-corrected chi connectivity index (χ4v) is 3.25. The van der Waals surface area contributed by atoms with E-state index in [0.29, 0.717) is 17.8 Å². The Hall–Kier alpha value is -2.29. The Morgan fingerprint density at radius 1 is 1.06 bits per heavy atom. The molecule has 2 aromatic carbocycles. The zero-order valence-electron chi connectivity index (χ0n) is 19.0. The number of hydrogen-bond acceptors (Lipinski definition) is 3. The molecule has 0 saturated heterocycles. The number of carbonyl (C=O) groups excluding carboxylic acids is 1. The highest BCUT2D eigenvalue weighted by molar-refractivity contribution is 14.0. The lowest BCUT2D eigenvalue weighted by molar-refractivity contribution is -0.123. The average molecular weight is 550 g/mol. The second kappa shape index (κ2) is 14.0. The van der Waals surface area contributed by atoms with Gasteiger partial charge in [0.25, 0.3) is 5.91 Å². The normalized spacial score (nSPS) is 14.1. The van der Waals surface area contributed by atoms with E-state index in [1.54, 1.807) is 7.05 Å². The molecule has 1 aliphatic rings. The van der Waals surface area contributed by atoms with E-state index >= 15 is 0 Å². The zero-order chi connectivity index (χ0) is 21.9. The Labute approximate surface area is 208 Å². The van der Waals surface area contributed by atoms with Gasteiger partial charge in [0.05, 0.1) is 0 Å². The Kier molecular flexibility index (Phi) is 11.3. The van der Waals surface area contributed by atoms with Crippen LogP contribution in [-0.4, -0.2) is 44.1 Å². The Balaban J connectivity index is 0.00000363. The molecule has 1 saturated carbocycles. The quantitative estimate of drug-likeness (QED) is 0.227. The molecule has 1 aliphatic carbocycles. The van der Waals surface area contributed by atoms with Gasteiger partial charge < -0.3 is 20.7 Å². The molecule has 1 atom stereocenters. The predicted octanol–water partition coefficient (Wildman–Crippen LogP) is 3.69. The predicted molar refractivity (Wildman–Crippen MR) is 141 cm³/mol. The topological polar surface area (TPSA) is 74.8 Å². The molecule has 0 aliphatic heterocycles. The van der Waals surface area contributed by atoms with Gasteiger partial charge in [-0.05, 0) is 62.3 Å². The number of benzene rings is 2. The fraction of sp³-hybridized carbons (Fsp3) is 0.440. The lowest BCUT2D eigenvalue weighted by Crippen LogP contribution is -2.43. The third-order valence-electron chi connectivity index (χ3n) is 5.26. The maximum atomic E-state index is 11.7. The number of halogens is 1. The van der Waals surface area contributed by atoms with Crippen molar-refractivity contribution in [2.24, 2.45) is 4.99 Å². The van der Waals surface area contributed by atoms with Crippen LogP contribution in [0.1, 0.15) is 37.3 Å². The summed E-state index contributed by atoms with van der Waals surface area (Å²) in [5, 5.41) is 9.76. The van der Waals surface area contributed by atoms with Crippen LogP contribution in [0.15, 0.2) is 59.6 Å². The molecule has 1 fully saturated rings. The standard InChI is InChI=1S/C25H34N4O2.HI/c1-19(8-9-20-6-4-3-5-7-20)28-25(26-2)27-17-16-21-10-14-23(15-11-21)31-18-24(30)29-22-12-13-22;/h3-7,10-11,14-15,19,22H,8-9,12-13,16-18H2,1-2H3,(H,29,30)(H2,26,27,28);1H. The summed E-state index contributed by atoms with van der Waals surface area (Å²) in [4.78, 5) is 16.0. The maximum absolute atomic E-state index is 11.7. The van der Waals surface area contributed by atoms with Crippen molar-refractivity contribution in [3.63, 3.8) is 0 Å². The van der Waals surface area contributed by atoms with Gasteiger partial charge in [-0.1, -0.05) is 42.5 Å². The number of aliphatic imine (C=N–C) groups is 1. The first-order chi connectivity index (χ1) is 15.1. The summed E-state index contributed by atoms with van der Waals surface area (Å²) in [6, 6.07) is 19.1. The first-order valence-electron chi connectivity index (χ1n) is 11.1. The summed E-state index contributed by atoms with van der Waals surface area (Å²) in [5.74, 6) is 1.49. The number of rotatable bonds is 11. The fourth-order valence-electron chi connectivity index (χ4n) is 3.25. The second-order valence-electron chi connectivity index (χ2n) is 8.09. The maximum Gasteiger partial charge on any atom is 0.258 e.